The number of benzene rings is 2. The zero-order valence-corrected chi connectivity index (χ0v) is 12.5. The summed E-state index contributed by atoms with van der Waals surface area (Å²) in [5.41, 5.74) is -0.167. The monoisotopic (exact) mass is 334 g/mol. The van der Waals surface area contributed by atoms with E-state index in [9.17, 15) is 18.0 Å². The number of fused-ring (bicyclic) bond motifs is 1. The Labute approximate surface area is 136 Å². The summed E-state index contributed by atoms with van der Waals surface area (Å²) in [6.45, 7) is 0.930. The average molecular weight is 334 g/mol. The van der Waals surface area contributed by atoms with Gasteiger partial charge in [-0.05, 0) is 35.9 Å². The van der Waals surface area contributed by atoms with Gasteiger partial charge in [-0.3, -0.25) is 4.79 Å². The summed E-state index contributed by atoms with van der Waals surface area (Å²) in [7, 11) is 0. The van der Waals surface area contributed by atoms with Crippen LogP contribution in [-0.2, 0) is 6.18 Å². The van der Waals surface area contributed by atoms with Crippen molar-refractivity contribution in [3.8, 4) is 11.5 Å². The molecule has 124 valence electrons. The molecule has 0 unspecified atom stereocenters. The molecule has 0 amide bonds. The Bertz CT molecular complexity index is 794. The lowest BCUT2D eigenvalue weighted by Crippen LogP contribution is -2.15. The molecule has 0 fully saturated rings. The summed E-state index contributed by atoms with van der Waals surface area (Å²) in [6, 6.07) is 9.52. The molecule has 24 heavy (non-hydrogen) atoms. The first-order valence-corrected chi connectivity index (χ1v) is 7.23. The first kappa shape index (κ1) is 16.1. The Morgan fingerprint density at radius 3 is 2.50 bits per heavy atom. The van der Waals surface area contributed by atoms with E-state index in [4.69, 9.17) is 9.47 Å². The van der Waals surface area contributed by atoms with Crippen molar-refractivity contribution in [3.63, 3.8) is 0 Å². The molecule has 0 bridgehead atoms. The smallest absolute Gasteiger partial charge is 0.416 e. The second-order valence-electron chi connectivity index (χ2n) is 5.18. The zero-order valence-electron chi connectivity index (χ0n) is 12.5. The number of ketones is 1. The van der Waals surface area contributed by atoms with Gasteiger partial charge in [-0.15, -0.1) is 0 Å². The predicted molar refractivity (Wildman–Crippen MR) is 82.2 cm³/mol. The van der Waals surface area contributed by atoms with Crippen molar-refractivity contribution in [2.24, 2.45) is 0 Å². The van der Waals surface area contributed by atoms with Gasteiger partial charge in [0.2, 0.25) is 0 Å². The predicted octanol–water partition coefficient (Wildman–Crippen LogP) is 4.37. The van der Waals surface area contributed by atoms with Gasteiger partial charge in [0.1, 0.15) is 13.2 Å². The molecular formula is C18H13F3O3. The van der Waals surface area contributed by atoms with Crippen LogP contribution in [0.15, 0.2) is 48.5 Å². The van der Waals surface area contributed by atoms with Gasteiger partial charge in [-0.1, -0.05) is 24.3 Å². The summed E-state index contributed by atoms with van der Waals surface area (Å²) >= 11 is 0. The van der Waals surface area contributed by atoms with Gasteiger partial charge in [0.25, 0.3) is 0 Å². The topological polar surface area (TPSA) is 35.5 Å². The van der Waals surface area contributed by atoms with Gasteiger partial charge in [0, 0.05) is 5.56 Å². The molecule has 3 rings (SSSR count). The minimum atomic E-state index is -4.48. The van der Waals surface area contributed by atoms with Crippen LogP contribution in [0.1, 0.15) is 21.5 Å². The quantitative estimate of drug-likeness (QED) is 0.617. The Hall–Kier alpha value is -2.76. The maximum atomic E-state index is 12.7. The molecule has 0 atom stereocenters. The Morgan fingerprint density at radius 2 is 1.75 bits per heavy atom. The van der Waals surface area contributed by atoms with Crippen LogP contribution in [0.2, 0.25) is 0 Å². The van der Waals surface area contributed by atoms with Gasteiger partial charge in [0.15, 0.2) is 17.3 Å². The van der Waals surface area contributed by atoms with E-state index in [2.05, 4.69) is 0 Å². The fraction of sp³-hybridized carbons (Fsp3) is 0.167. The molecule has 2 aromatic carbocycles. The fourth-order valence-electron chi connectivity index (χ4n) is 2.28. The number of hydrogen-bond donors (Lipinski definition) is 0. The standard InChI is InChI=1S/C18H13F3O3/c19-18(20,21)14-3-1-2-13(11-14)15(22)6-4-12-5-7-16-17(10-12)24-9-8-23-16/h1-7,10-11H,8-9H2. The van der Waals surface area contributed by atoms with Crippen molar-refractivity contribution in [1.29, 1.82) is 0 Å². The van der Waals surface area contributed by atoms with E-state index >= 15 is 0 Å². The maximum absolute atomic E-state index is 12.7. The van der Waals surface area contributed by atoms with Crippen LogP contribution in [0.25, 0.3) is 6.08 Å². The van der Waals surface area contributed by atoms with Crippen molar-refractivity contribution in [2.75, 3.05) is 13.2 Å². The molecule has 1 aliphatic heterocycles. The van der Waals surface area contributed by atoms with Crippen molar-refractivity contribution in [3.05, 3.63) is 65.2 Å². The number of rotatable bonds is 3. The lowest BCUT2D eigenvalue weighted by atomic mass is 10.1. The van der Waals surface area contributed by atoms with E-state index in [1.54, 1.807) is 18.2 Å². The third kappa shape index (κ3) is 3.59. The molecule has 0 radical (unpaired) electrons. The highest BCUT2D eigenvalue weighted by molar-refractivity contribution is 6.06. The Kier molecular flexibility index (Phi) is 4.29. The number of ether oxygens (including phenoxy) is 2. The van der Waals surface area contributed by atoms with Crippen molar-refractivity contribution in [1.82, 2.24) is 0 Å². The van der Waals surface area contributed by atoms with E-state index in [0.29, 0.717) is 30.3 Å². The van der Waals surface area contributed by atoms with Crippen LogP contribution in [0.5, 0.6) is 11.5 Å². The van der Waals surface area contributed by atoms with Crippen LogP contribution in [0.3, 0.4) is 0 Å². The van der Waals surface area contributed by atoms with E-state index in [1.807, 2.05) is 0 Å². The SMILES string of the molecule is O=C(C=Cc1ccc2c(c1)OCCO2)c1cccc(C(F)(F)F)c1. The van der Waals surface area contributed by atoms with Gasteiger partial charge in [0.05, 0.1) is 5.56 Å². The number of hydrogen-bond acceptors (Lipinski definition) is 3. The van der Waals surface area contributed by atoms with E-state index in [-0.39, 0.29) is 5.56 Å². The summed E-state index contributed by atoms with van der Waals surface area (Å²) < 4.78 is 48.9. The number of allylic oxidation sites excluding steroid dienone is 1. The fourth-order valence-corrected chi connectivity index (χ4v) is 2.28. The molecule has 0 saturated carbocycles. The molecule has 0 N–H and O–H groups in total. The van der Waals surface area contributed by atoms with Crippen LogP contribution >= 0.6 is 0 Å². The van der Waals surface area contributed by atoms with Crippen LogP contribution in [0.4, 0.5) is 13.2 Å². The van der Waals surface area contributed by atoms with Crippen LogP contribution < -0.4 is 9.47 Å². The minimum Gasteiger partial charge on any atom is -0.486 e. The van der Waals surface area contributed by atoms with E-state index in [1.165, 1.54) is 24.3 Å². The average Bonchev–Trinajstić information content (AvgIpc) is 2.59. The van der Waals surface area contributed by atoms with Crippen molar-refractivity contribution < 1.29 is 27.4 Å². The highest BCUT2D eigenvalue weighted by Gasteiger charge is 2.30. The third-order valence-electron chi connectivity index (χ3n) is 3.47. The highest BCUT2D eigenvalue weighted by atomic mass is 19.4. The number of alkyl halides is 3. The van der Waals surface area contributed by atoms with Gasteiger partial charge in [-0.25, -0.2) is 0 Å². The first-order chi connectivity index (χ1) is 11.4. The van der Waals surface area contributed by atoms with Crippen molar-refractivity contribution in [2.45, 2.75) is 6.18 Å². The van der Waals surface area contributed by atoms with E-state index < -0.39 is 17.5 Å². The number of carbonyl (C=O) groups excluding carboxylic acids is 1. The lowest BCUT2D eigenvalue weighted by molar-refractivity contribution is -0.137. The third-order valence-corrected chi connectivity index (χ3v) is 3.47. The van der Waals surface area contributed by atoms with E-state index in [0.717, 1.165) is 12.1 Å². The Morgan fingerprint density at radius 1 is 1.00 bits per heavy atom. The maximum Gasteiger partial charge on any atom is 0.416 e. The molecule has 6 heteroatoms. The molecule has 0 spiro atoms. The number of carbonyl (C=O) groups is 1. The first-order valence-electron chi connectivity index (χ1n) is 7.23. The second-order valence-corrected chi connectivity index (χ2v) is 5.18. The van der Waals surface area contributed by atoms with Crippen molar-refractivity contribution >= 4 is 11.9 Å². The number of halogens is 3. The normalized spacial score (nSPS) is 14.0. The minimum absolute atomic E-state index is 0.0152. The summed E-state index contributed by atoms with van der Waals surface area (Å²) in [4.78, 5) is 12.1. The Balaban J connectivity index is 1.78. The molecule has 1 heterocycles. The van der Waals surface area contributed by atoms with Crippen LogP contribution in [0, 0.1) is 0 Å². The molecular weight excluding hydrogens is 321 g/mol. The highest BCUT2D eigenvalue weighted by Crippen LogP contribution is 2.31. The largest absolute Gasteiger partial charge is 0.486 e. The molecule has 0 aromatic heterocycles. The summed E-state index contributed by atoms with van der Waals surface area (Å²) in [6.07, 6.45) is -1.71. The molecule has 0 saturated heterocycles. The van der Waals surface area contributed by atoms with Gasteiger partial charge in [-0.2, -0.15) is 13.2 Å². The zero-order chi connectivity index (χ0) is 17.2. The summed E-state index contributed by atoms with van der Waals surface area (Å²) in [5, 5.41) is 0. The van der Waals surface area contributed by atoms with Gasteiger partial charge >= 0.3 is 6.18 Å². The van der Waals surface area contributed by atoms with Crippen LogP contribution in [-0.4, -0.2) is 19.0 Å². The lowest BCUT2D eigenvalue weighted by Gasteiger charge is -2.18. The summed E-state index contributed by atoms with van der Waals surface area (Å²) in [5.74, 6) is 0.702. The molecule has 2 aromatic rings. The molecule has 1 aliphatic rings. The molecule has 3 nitrogen and oxygen atoms in total. The van der Waals surface area contributed by atoms with Gasteiger partial charge < -0.3 is 9.47 Å². The molecule has 0 aliphatic carbocycles. The second kappa shape index (κ2) is 6.39.